The van der Waals surface area contributed by atoms with Gasteiger partial charge in [-0.3, -0.25) is 9.59 Å². The number of amides is 1. The van der Waals surface area contributed by atoms with Crippen molar-refractivity contribution >= 4 is 11.9 Å². The Hall–Kier alpha value is -8.10. The second-order valence-corrected chi connectivity index (χ2v) is 31.4. The van der Waals surface area contributed by atoms with Crippen LogP contribution in [0, 0.1) is 0 Å². The molecule has 14 rings (SSSR count). The van der Waals surface area contributed by atoms with E-state index in [0.29, 0.717) is 0 Å². The van der Waals surface area contributed by atoms with Crippen LogP contribution in [0.2, 0.25) is 0 Å². The highest BCUT2D eigenvalue weighted by atomic mass is 16.8. The van der Waals surface area contributed by atoms with E-state index in [1.165, 1.54) is 13.8 Å². The highest BCUT2D eigenvalue weighted by Gasteiger charge is 2.60. The van der Waals surface area contributed by atoms with E-state index in [9.17, 15) is 14.7 Å². The minimum Gasteiger partial charge on any atom is -0.454 e. The summed E-state index contributed by atoms with van der Waals surface area (Å²) in [6.45, 7) is 14.6. The molecule has 8 aromatic rings. The van der Waals surface area contributed by atoms with Crippen molar-refractivity contribution in [3.05, 3.63) is 287 Å². The number of rotatable bonds is 35. The zero-order chi connectivity index (χ0) is 81.9. The lowest BCUT2D eigenvalue weighted by atomic mass is 9.91. The van der Waals surface area contributed by atoms with Crippen LogP contribution in [0.25, 0.3) is 0 Å². The van der Waals surface area contributed by atoms with E-state index in [1.807, 2.05) is 270 Å². The number of hydrogen-bond acceptors (Lipinski definition) is 23. The fraction of sp³-hybridized carbons (Fsp3) is 0.468. The Kier molecular flexibility index (Phi) is 30.7. The van der Waals surface area contributed by atoms with Gasteiger partial charge in [0.25, 0.3) is 0 Å². The molecular weight excluding hydrogens is 1510 g/mol. The van der Waals surface area contributed by atoms with Crippen molar-refractivity contribution in [3.63, 3.8) is 0 Å². The Bertz CT molecular complexity index is 4290. The Morgan fingerprint density at radius 1 is 0.364 bits per heavy atom. The highest BCUT2D eigenvalue weighted by molar-refractivity contribution is 5.73. The largest absolute Gasteiger partial charge is 0.454 e. The van der Waals surface area contributed by atoms with E-state index >= 15 is 0 Å². The molecule has 0 radical (unpaired) electrons. The van der Waals surface area contributed by atoms with Crippen LogP contribution in [-0.2, 0) is 157 Å². The second-order valence-electron chi connectivity index (χ2n) is 31.4. The first-order chi connectivity index (χ1) is 57.4. The second kappa shape index (κ2) is 41.9. The summed E-state index contributed by atoms with van der Waals surface area (Å²) in [7, 11) is 0. The number of carbonyl (C=O) groups excluding carboxylic acids is 2. The molecule has 24 nitrogen and oxygen atoms in total. The average Bonchev–Trinajstić information content (AvgIpc) is 0.770. The molecule has 0 spiro atoms. The van der Waals surface area contributed by atoms with Crippen LogP contribution in [0.5, 0.6) is 0 Å². The summed E-state index contributed by atoms with van der Waals surface area (Å²) in [5, 5.41) is 17.1. The molecule has 24 heteroatoms. The molecule has 8 aromatic carbocycles. The number of hydrogen-bond donors (Lipinski definition) is 2. The highest BCUT2D eigenvalue weighted by Crippen LogP contribution is 2.43. The molecule has 6 saturated heterocycles. The summed E-state index contributed by atoms with van der Waals surface area (Å²) in [6, 6.07) is 77.2. The molecule has 0 aromatic heterocycles. The first-order valence-corrected chi connectivity index (χ1v) is 41.0. The molecule has 630 valence electrons. The van der Waals surface area contributed by atoms with E-state index in [2.05, 4.69) is 5.32 Å². The van der Waals surface area contributed by atoms with Gasteiger partial charge in [-0.05, 0) is 86.1 Å². The molecule has 10 unspecified atom stereocenters. The van der Waals surface area contributed by atoms with Crippen LogP contribution in [0.3, 0.4) is 0 Å². The number of ether oxygens (including phenoxy) is 20. The van der Waals surface area contributed by atoms with Crippen molar-refractivity contribution in [1.82, 2.24) is 5.32 Å². The fourth-order valence-corrected chi connectivity index (χ4v) is 16.1. The van der Waals surface area contributed by atoms with E-state index in [0.717, 1.165) is 44.5 Å². The van der Waals surface area contributed by atoms with Crippen molar-refractivity contribution in [2.24, 2.45) is 0 Å². The van der Waals surface area contributed by atoms with Gasteiger partial charge >= 0.3 is 5.97 Å². The van der Waals surface area contributed by atoms with Crippen LogP contribution < -0.4 is 5.32 Å². The molecule has 118 heavy (non-hydrogen) atoms. The summed E-state index contributed by atoms with van der Waals surface area (Å²) >= 11 is 0. The summed E-state index contributed by atoms with van der Waals surface area (Å²) in [4.78, 5) is 27.4. The third-order valence-electron chi connectivity index (χ3n) is 22.0. The van der Waals surface area contributed by atoms with Gasteiger partial charge in [0.2, 0.25) is 5.91 Å². The van der Waals surface area contributed by atoms with Crippen molar-refractivity contribution in [2.75, 3.05) is 13.2 Å². The predicted molar refractivity (Wildman–Crippen MR) is 431 cm³/mol. The first kappa shape index (κ1) is 86.3. The van der Waals surface area contributed by atoms with Gasteiger partial charge in [-0.1, -0.05) is 243 Å². The third kappa shape index (κ3) is 22.9. The summed E-state index contributed by atoms with van der Waals surface area (Å²) in [5.41, 5.74) is 6.94. The molecular formula is C94H111NO23. The number of carbonyl (C=O) groups is 2. The molecule has 2 N–H and O–H groups in total. The first-order valence-electron chi connectivity index (χ1n) is 41.0. The lowest BCUT2D eigenvalue weighted by Crippen LogP contribution is -2.70. The summed E-state index contributed by atoms with van der Waals surface area (Å²) in [5.74, 6) is -2.18. The zero-order valence-corrected chi connectivity index (χ0v) is 68.0. The van der Waals surface area contributed by atoms with E-state index < -0.39 is 165 Å². The SMILES string of the molecule is CC(=O)NC1[C@H](C)OC2COC(C)(C)O[C@@H]2[C@@H]1O[C@@H]1OC(C)[C@H](OCc2ccccc2)[C@@H](O[C@@H]2OC(C)[C@H](OCc3ccccc3)[C@@H](OCc3ccccc3)C2O[C@@H]2OC(C)[C@H](OCc3ccccc3)[C@@H](O[C@H]3O[C@H](COCc4ccccc4)[C@@H](OCc4ccccc4)C(OCc4ccccc4)C3OCc3ccccc3)C2O)C1OC(C)=O. The van der Waals surface area contributed by atoms with Crippen LogP contribution in [0.4, 0.5) is 0 Å². The van der Waals surface area contributed by atoms with Gasteiger partial charge < -0.3 is 105 Å². The minimum absolute atomic E-state index is 0.00132. The molecule has 1 amide bonds. The van der Waals surface area contributed by atoms with Gasteiger partial charge in [-0.2, -0.15) is 0 Å². The lowest BCUT2D eigenvalue weighted by Gasteiger charge is -2.53. The van der Waals surface area contributed by atoms with E-state index in [1.54, 1.807) is 13.8 Å². The zero-order valence-electron chi connectivity index (χ0n) is 68.0. The van der Waals surface area contributed by atoms with Crippen molar-refractivity contribution < 1.29 is 109 Å². The van der Waals surface area contributed by atoms with Gasteiger partial charge in [-0.15, -0.1) is 0 Å². The van der Waals surface area contributed by atoms with Gasteiger partial charge in [0.05, 0.1) is 96.5 Å². The monoisotopic (exact) mass is 1620 g/mol. The van der Waals surface area contributed by atoms with Gasteiger partial charge in [-0.25, -0.2) is 0 Å². The van der Waals surface area contributed by atoms with Crippen LogP contribution in [0.1, 0.15) is 99.9 Å². The Morgan fingerprint density at radius 2 is 0.695 bits per heavy atom. The lowest BCUT2D eigenvalue weighted by molar-refractivity contribution is -0.407. The maximum Gasteiger partial charge on any atom is 0.303 e. The summed E-state index contributed by atoms with van der Waals surface area (Å²) < 4.78 is 141. The number of esters is 1. The molecule has 25 atom stereocenters. The quantitative estimate of drug-likeness (QED) is 0.0350. The van der Waals surface area contributed by atoms with Gasteiger partial charge in [0.1, 0.15) is 91.6 Å². The molecule has 0 bridgehead atoms. The Labute approximate surface area is 691 Å². The van der Waals surface area contributed by atoms with E-state index in [4.69, 9.17) is 94.7 Å². The topological polar surface area (TPSA) is 251 Å². The van der Waals surface area contributed by atoms with Crippen molar-refractivity contribution in [3.8, 4) is 0 Å². The van der Waals surface area contributed by atoms with Crippen LogP contribution in [-0.4, -0.2) is 189 Å². The summed E-state index contributed by atoms with van der Waals surface area (Å²) in [6.07, 6.45) is -27.4. The molecule has 6 fully saturated rings. The smallest absolute Gasteiger partial charge is 0.303 e. The fourth-order valence-electron chi connectivity index (χ4n) is 16.1. The van der Waals surface area contributed by atoms with Crippen LogP contribution in [0.15, 0.2) is 243 Å². The number of aliphatic hydroxyl groups is 1. The number of fused-ring (bicyclic) bond motifs is 1. The number of benzene rings is 8. The normalized spacial score (nSPS) is 32.1. The van der Waals surface area contributed by atoms with Crippen molar-refractivity contribution in [1.29, 1.82) is 0 Å². The Balaban J connectivity index is 0.871. The van der Waals surface area contributed by atoms with E-state index in [-0.39, 0.29) is 72.0 Å². The number of aliphatic hydroxyl groups excluding tert-OH is 1. The maximum atomic E-state index is 14.1. The standard InChI is InChI=1S/C94H111NO23/c1-59-75(95-63(5)96)82(81-74(108-59)58-107-94(7,8)118-81)114-93-89(112-64(6)97)86(79(62(4)111-93)102-52-68-39-23-12-24-40-68)116-92-88(84(104-54-70-43-27-14-28-44-70)78(61(3)110-92)101-51-67-37-21-11-22-38-67)117-90-76(98)83(77(60(2)109-90)100-50-66-35-19-10-20-36-66)115-91-87(106-56-72-47-31-16-32-48-72)85(105-55-71-45-29-15-30-46-71)80(103-53-69-41-25-13-26-42-69)73(113-91)57-99-49-65-33-17-9-18-34-65/h9-48,59-62,73-93,98H,49-58H2,1-8H3,(H,95,96)/t59-,60?,61?,62?,73+,74?,75?,76?,77-,78-,79-,80+,81-,82+,83-,84+,85?,86+,87?,88?,89?,90-,91+,92-,93-/m0/s1. The predicted octanol–water partition coefficient (Wildman–Crippen LogP) is 12.5. The molecule has 0 aliphatic carbocycles. The average molecular weight is 1620 g/mol. The third-order valence-corrected chi connectivity index (χ3v) is 22.0. The minimum atomic E-state index is -1.77. The van der Waals surface area contributed by atoms with Gasteiger partial charge in [0, 0.05) is 13.8 Å². The number of nitrogens with one attached hydrogen (secondary N) is 1. The van der Waals surface area contributed by atoms with Crippen molar-refractivity contribution in [2.45, 2.75) is 267 Å². The van der Waals surface area contributed by atoms with Crippen LogP contribution >= 0.6 is 0 Å². The molecule has 6 aliphatic heterocycles. The Morgan fingerprint density at radius 3 is 1.12 bits per heavy atom. The van der Waals surface area contributed by atoms with Gasteiger partial charge in [0.15, 0.2) is 37.1 Å². The maximum absolute atomic E-state index is 14.1. The molecule has 6 aliphatic rings. The molecule has 6 heterocycles. The molecule has 0 saturated carbocycles.